The van der Waals surface area contributed by atoms with Crippen LogP contribution in [0, 0.1) is 0 Å². The van der Waals surface area contributed by atoms with Gasteiger partial charge in [-0.25, -0.2) is 0 Å². The molecule has 2 radical (unpaired) electrons. The molecule has 0 spiro atoms. The maximum atomic E-state index is 4.64. The summed E-state index contributed by atoms with van der Waals surface area (Å²) in [7, 11) is 5.44. The molecule has 0 bridgehead atoms. The van der Waals surface area contributed by atoms with Crippen LogP contribution in [0.3, 0.4) is 0 Å². The van der Waals surface area contributed by atoms with Gasteiger partial charge in [0, 0.05) is 7.44 Å². The van der Waals surface area contributed by atoms with Gasteiger partial charge in [-0.3, -0.25) is 0 Å². The maximum Gasteiger partial charge on any atom is 2.00 e. The van der Waals surface area contributed by atoms with E-state index in [0.717, 1.165) is 10.1 Å². The van der Waals surface area contributed by atoms with E-state index in [2.05, 4.69) is 7.44 Å². The van der Waals surface area contributed by atoms with Crippen molar-refractivity contribution in [3.8, 4) is 0 Å². The zero-order valence-electron chi connectivity index (χ0n) is 6.28. The van der Waals surface area contributed by atoms with Crippen molar-refractivity contribution in [1.82, 2.24) is 0 Å². The number of hydrogen-bond donors (Lipinski definition) is 0. The van der Waals surface area contributed by atoms with Crippen LogP contribution in [0.5, 0.6) is 0 Å². The third kappa shape index (κ3) is 19.3. The Kier molecular flexibility index (Phi) is 134. The van der Waals surface area contributed by atoms with E-state index in [1.807, 2.05) is 0 Å². The quantitative estimate of drug-likeness (QED) is 0.292. The fourth-order valence-electron chi connectivity index (χ4n) is 0. The third-order valence-corrected chi connectivity index (χ3v) is 0. The van der Waals surface area contributed by atoms with Crippen molar-refractivity contribution in [2.24, 2.45) is 0 Å². The topological polar surface area (TPSA) is 0 Å². The molecule has 0 aliphatic heterocycles. The first-order valence-corrected chi connectivity index (χ1v) is 1.73. The molecule has 5 heavy (non-hydrogen) atoms. The molecule has 0 aromatic heterocycles. The molecule has 0 amide bonds. The first kappa shape index (κ1) is 24.3. The third-order valence-electron chi connectivity index (χ3n) is 0. The van der Waals surface area contributed by atoms with E-state index in [9.17, 15) is 0 Å². The Morgan fingerprint density at radius 3 is 1.40 bits per heavy atom. The standard InChI is InChI=1S/Al.BH3Si.Ca.Na.6H/c;1-2;;;;;;;;/h;2H3;;;;;;;;/q;;+2;+1;;;;3*-1. The Morgan fingerprint density at radius 2 is 1.40 bits per heavy atom. The molecule has 0 saturated carbocycles. The average molecular weight is 138 g/mol. The number of hydrogen-bond acceptors (Lipinski definition) is 0. The second-order valence-corrected chi connectivity index (χ2v) is 0. The Balaban J connectivity index is -0.000000000333. The van der Waals surface area contributed by atoms with Gasteiger partial charge in [-0.2, -0.15) is 0 Å². The van der Waals surface area contributed by atoms with Crippen molar-refractivity contribution < 1.29 is 33.8 Å². The first-order valence-electron chi connectivity index (χ1n) is 0.577. The minimum atomic E-state index is 0. The summed E-state index contributed by atoms with van der Waals surface area (Å²) < 4.78 is 0. The van der Waals surface area contributed by atoms with E-state index in [0.29, 0.717) is 0 Å². The van der Waals surface area contributed by atoms with Gasteiger partial charge in [0.15, 0.2) is 17.4 Å². The van der Waals surface area contributed by atoms with Crippen molar-refractivity contribution in [3.63, 3.8) is 0 Å². The van der Waals surface area contributed by atoms with Crippen molar-refractivity contribution in [3.05, 3.63) is 0 Å². The van der Waals surface area contributed by atoms with Crippen molar-refractivity contribution in [2.45, 2.75) is 0 Å². The van der Waals surface area contributed by atoms with Crippen LogP contribution in [0.15, 0.2) is 0 Å². The Hall–Kier alpha value is 3.07. The van der Waals surface area contributed by atoms with Crippen LogP contribution in [0.25, 0.3) is 0 Å². The van der Waals surface area contributed by atoms with Gasteiger partial charge in [-0.1, -0.05) is 0 Å². The summed E-state index contributed by atoms with van der Waals surface area (Å²) >= 11 is 0. The largest absolute Gasteiger partial charge is 2.00 e. The predicted octanol–water partition coefficient (Wildman–Crippen LogP) is -5.79. The molecule has 0 aromatic rings. The molecule has 0 nitrogen and oxygen atoms in total. The molecule has 0 aliphatic carbocycles. The average Bonchev–Trinajstić information content (AvgIpc) is 1.00. The fourth-order valence-corrected chi connectivity index (χ4v) is 0. The zero-order chi connectivity index (χ0) is 2.00. The monoisotopic (exact) mass is 138 g/mol. The smallest absolute Gasteiger partial charge is 1.00 e. The summed E-state index contributed by atoms with van der Waals surface area (Å²) in [6.45, 7) is 0. The van der Waals surface area contributed by atoms with Crippen molar-refractivity contribution in [1.29, 1.82) is 0 Å². The Morgan fingerprint density at radius 1 is 1.40 bits per heavy atom. The molecule has 0 unspecified atom stereocenters. The summed E-state index contributed by atoms with van der Waals surface area (Å²) in [5.41, 5.74) is 0. The van der Waals surface area contributed by atoms with Gasteiger partial charge < -0.3 is 4.28 Å². The zero-order valence-corrected chi connectivity index (χ0v) is 9.49. The molecule has 0 heterocycles. The van der Waals surface area contributed by atoms with Crippen LogP contribution in [0.2, 0.25) is 0 Å². The molecule has 0 atom stereocenters. The van der Waals surface area contributed by atoms with Crippen molar-refractivity contribution in [2.75, 3.05) is 0 Å². The molecular formula is H9AlBCaNaSi. The second kappa shape index (κ2) is 27.6. The first-order chi connectivity index (χ1) is 1.00. The minimum absolute atomic E-state index is 0. The molecule has 0 saturated heterocycles. The van der Waals surface area contributed by atoms with E-state index in [4.69, 9.17) is 0 Å². The summed E-state index contributed by atoms with van der Waals surface area (Å²) in [6.07, 6.45) is 0. The van der Waals surface area contributed by atoms with Crippen LogP contribution >= 0.6 is 0 Å². The second-order valence-electron chi connectivity index (χ2n) is 0. The molecule has 0 N–H and O–H groups in total. The number of rotatable bonds is 0. The van der Waals surface area contributed by atoms with Crippen LogP contribution < -0.4 is 29.6 Å². The van der Waals surface area contributed by atoms with Crippen LogP contribution in [-0.4, -0.2) is 72.7 Å². The molecule has 0 aliphatic rings. The Labute approximate surface area is 104 Å². The van der Waals surface area contributed by atoms with Crippen LogP contribution in [-0.2, 0) is 0 Å². The molecule has 0 aromatic carbocycles. The minimum Gasteiger partial charge on any atom is -1.00 e. The molecule has 0 rings (SSSR count). The molecule has 22 valence electrons. The van der Waals surface area contributed by atoms with E-state index >= 15 is 0 Å². The summed E-state index contributed by atoms with van der Waals surface area (Å²) in [5.74, 6) is 0. The van der Waals surface area contributed by atoms with E-state index in [1.54, 1.807) is 0 Å². The predicted molar refractivity (Wildman–Crippen MR) is 34.7 cm³/mol. The molecular weight excluding hydrogens is 129 g/mol. The van der Waals surface area contributed by atoms with Gasteiger partial charge >= 0.3 is 67.3 Å². The molecule has 0 fully saturated rings. The van der Waals surface area contributed by atoms with Crippen LogP contribution in [0.1, 0.15) is 4.28 Å². The van der Waals surface area contributed by atoms with Gasteiger partial charge in [0.05, 0.1) is 0 Å². The van der Waals surface area contributed by atoms with Gasteiger partial charge in [-0.15, -0.1) is 0 Å². The Bertz CT molecular complexity index is 19.2. The maximum absolute atomic E-state index is 4.64. The van der Waals surface area contributed by atoms with Gasteiger partial charge in [0.1, 0.15) is 0 Å². The summed E-state index contributed by atoms with van der Waals surface area (Å²) in [4.78, 5) is 0. The van der Waals surface area contributed by atoms with Gasteiger partial charge in [0.2, 0.25) is 0 Å². The normalized spacial score (nSPS) is 1.60. The van der Waals surface area contributed by atoms with Gasteiger partial charge in [0.25, 0.3) is 0 Å². The fraction of sp³-hybridized carbons (Fsp3) is 0. The summed E-state index contributed by atoms with van der Waals surface area (Å²) in [6, 6.07) is 0. The summed E-state index contributed by atoms with van der Waals surface area (Å²) in [5, 5.41) is 0. The van der Waals surface area contributed by atoms with Gasteiger partial charge in [-0.05, 0) is 10.1 Å². The van der Waals surface area contributed by atoms with E-state index in [-0.39, 0.29) is 88.9 Å². The SMILES string of the molecule is [AlH3].[B][SiH3].[Ca+2].[H-].[H-].[H-].[Na+]. The van der Waals surface area contributed by atoms with E-state index < -0.39 is 0 Å². The van der Waals surface area contributed by atoms with E-state index in [1.165, 1.54) is 0 Å². The van der Waals surface area contributed by atoms with Crippen molar-refractivity contribution >= 4 is 72.7 Å². The molecule has 5 heteroatoms. The van der Waals surface area contributed by atoms with Crippen LogP contribution in [0.4, 0.5) is 0 Å².